The van der Waals surface area contributed by atoms with Gasteiger partial charge in [0.1, 0.15) is 5.75 Å². The first kappa shape index (κ1) is 16.8. The Morgan fingerprint density at radius 3 is 2.85 bits per heavy atom. The minimum Gasteiger partial charge on any atom is -0.495 e. The topological polar surface area (TPSA) is 31.4 Å². The van der Waals surface area contributed by atoms with Gasteiger partial charge in [-0.3, -0.25) is 4.98 Å². The fraction of sp³-hybridized carbons (Fsp3) is 0.696. The zero-order valence-corrected chi connectivity index (χ0v) is 16.3. The molecule has 5 rings (SSSR count). The summed E-state index contributed by atoms with van der Waals surface area (Å²) in [5, 5.41) is 0. The number of ether oxygens (including phenoxy) is 2. The third kappa shape index (κ3) is 2.19. The van der Waals surface area contributed by atoms with Crippen molar-refractivity contribution in [3.63, 3.8) is 0 Å². The average molecular weight is 354 g/mol. The summed E-state index contributed by atoms with van der Waals surface area (Å²) >= 11 is 0. The molecule has 3 heteroatoms. The second kappa shape index (κ2) is 5.82. The van der Waals surface area contributed by atoms with Crippen molar-refractivity contribution in [2.75, 3.05) is 13.7 Å². The Bertz CT molecular complexity index is 743. The Labute approximate surface area is 157 Å². The minimum atomic E-state index is 0.290. The molecule has 3 fully saturated rings. The molecule has 1 aromatic heterocycles. The summed E-state index contributed by atoms with van der Waals surface area (Å²) in [5.41, 5.74) is 3.49. The van der Waals surface area contributed by atoms with E-state index in [9.17, 15) is 0 Å². The highest BCUT2D eigenvalue weighted by Crippen LogP contribution is 2.66. The minimum absolute atomic E-state index is 0.290. The van der Waals surface area contributed by atoms with Gasteiger partial charge in [-0.1, -0.05) is 19.9 Å². The van der Waals surface area contributed by atoms with Crippen LogP contribution in [0.2, 0.25) is 0 Å². The first-order chi connectivity index (χ1) is 12.6. The number of nitrogens with zero attached hydrogens (tertiary/aromatic N) is 1. The number of rotatable bonds is 2. The van der Waals surface area contributed by atoms with E-state index in [0.29, 0.717) is 11.5 Å². The van der Waals surface area contributed by atoms with Gasteiger partial charge < -0.3 is 9.47 Å². The number of hydrogen-bond acceptors (Lipinski definition) is 3. The molecule has 1 aliphatic heterocycles. The molecule has 0 amide bonds. The van der Waals surface area contributed by atoms with E-state index in [0.717, 1.165) is 30.1 Å². The summed E-state index contributed by atoms with van der Waals surface area (Å²) in [7, 11) is 1.72. The molecule has 0 bridgehead atoms. The summed E-state index contributed by atoms with van der Waals surface area (Å²) in [6, 6.07) is 2.17. The van der Waals surface area contributed by atoms with Crippen molar-refractivity contribution in [2.45, 2.75) is 58.5 Å². The van der Waals surface area contributed by atoms with Gasteiger partial charge in [-0.2, -0.15) is 0 Å². The van der Waals surface area contributed by atoms with Crippen molar-refractivity contribution < 1.29 is 9.47 Å². The predicted molar refractivity (Wildman–Crippen MR) is 103 cm³/mol. The largest absolute Gasteiger partial charge is 0.495 e. The molecule has 2 saturated carbocycles. The van der Waals surface area contributed by atoms with Crippen LogP contribution < -0.4 is 4.74 Å². The highest BCUT2D eigenvalue weighted by molar-refractivity contribution is 5.73. The zero-order valence-electron chi connectivity index (χ0n) is 16.3. The maximum Gasteiger partial charge on any atom is 0.137 e. The molecule has 3 aliphatic carbocycles. The van der Waals surface area contributed by atoms with E-state index in [1.54, 1.807) is 13.3 Å². The van der Waals surface area contributed by atoms with Crippen molar-refractivity contribution in [2.24, 2.45) is 28.6 Å². The Hall–Kier alpha value is -1.35. The quantitative estimate of drug-likeness (QED) is 0.740. The molecule has 0 aromatic carbocycles. The van der Waals surface area contributed by atoms with E-state index < -0.39 is 0 Å². The molecule has 3 nitrogen and oxygen atoms in total. The Morgan fingerprint density at radius 1 is 1.12 bits per heavy atom. The van der Waals surface area contributed by atoms with E-state index in [1.807, 2.05) is 6.20 Å². The third-order valence-electron chi connectivity index (χ3n) is 8.58. The number of aromatic nitrogens is 1. The van der Waals surface area contributed by atoms with Gasteiger partial charge in [0.2, 0.25) is 0 Å². The van der Waals surface area contributed by atoms with Crippen molar-refractivity contribution in [1.82, 2.24) is 4.98 Å². The zero-order chi connectivity index (χ0) is 17.9. The molecule has 2 heterocycles. The fourth-order valence-corrected chi connectivity index (χ4v) is 7.16. The van der Waals surface area contributed by atoms with Gasteiger partial charge in [0, 0.05) is 12.8 Å². The van der Waals surface area contributed by atoms with Crippen molar-refractivity contribution in [1.29, 1.82) is 0 Å². The summed E-state index contributed by atoms with van der Waals surface area (Å²) in [4.78, 5) is 4.42. The van der Waals surface area contributed by atoms with Crippen LogP contribution in [0.5, 0.6) is 5.75 Å². The van der Waals surface area contributed by atoms with E-state index in [4.69, 9.17) is 9.47 Å². The van der Waals surface area contributed by atoms with Crippen molar-refractivity contribution >= 4 is 5.57 Å². The maximum absolute atomic E-state index is 6.13. The van der Waals surface area contributed by atoms with Gasteiger partial charge in [-0.25, -0.2) is 0 Å². The molecule has 4 aliphatic rings. The molecule has 1 aromatic rings. The van der Waals surface area contributed by atoms with Gasteiger partial charge in [0.15, 0.2) is 0 Å². The number of methoxy groups -OCH3 is 1. The molecule has 1 saturated heterocycles. The summed E-state index contributed by atoms with van der Waals surface area (Å²) in [6.07, 6.45) is 14.6. The molecule has 140 valence electrons. The SMILES string of the molecule is COc1cncc(C2=CCC3C4CCC5OCCC5(C)C4CCC23C)c1. The third-order valence-corrected chi connectivity index (χ3v) is 8.58. The molecular weight excluding hydrogens is 322 g/mol. The van der Waals surface area contributed by atoms with Crippen LogP contribution in [0, 0.1) is 28.6 Å². The van der Waals surface area contributed by atoms with E-state index in [2.05, 4.69) is 31.0 Å². The predicted octanol–water partition coefficient (Wildman–Crippen LogP) is 5.12. The van der Waals surface area contributed by atoms with E-state index in [1.165, 1.54) is 49.7 Å². The molecule has 6 atom stereocenters. The van der Waals surface area contributed by atoms with Crippen LogP contribution >= 0.6 is 0 Å². The summed E-state index contributed by atoms with van der Waals surface area (Å²) in [5.74, 6) is 3.34. The smallest absolute Gasteiger partial charge is 0.137 e. The van der Waals surface area contributed by atoms with Gasteiger partial charge in [0.25, 0.3) is 0 Å². The molecule has 0 N–H and O–H groups in total. The van der Waals surface area contributed by atoms with Gasteiger partial charge >= 0.3 is 0 Å². The van der Waals surface area contributed by atoms with Gasteiger partial charge in [-0.15, -0.1) is 0 Å². The lowest BCUT2D eigenvalue weighted by atomic mass is 9.48. The van der Waals surface area contributed by atoms with Crippen molar-refractivity contribution in [3.8, 4) is 5.75 Å². The van der Waals surface area contributed by atoms with Crippen LogP contribution in [0.1, 0.15) is 57.9 Å². The van der Waals surface area contributed by atoms with E-state index in [-0.39, 0.29) is 5.41 Å². The number of allylic oxidation sites excluding steroid dienone is 2. The molecule has 0 spiro atoms. The summed E-state index contributed by atoms with van der Waals surface area (Å²) in [6.45, 7) is 6.02. The lowest BCUT2D eigenvalue weighted by Crippen LogP contribution is -2.51. The average Bonchev–Trinajstić information content (AvgIpc) is 3.21. The second-order valence-corrected chi connectivity index (χ2v) is 9.49. The van der Waals surface area contributed by atoms with E-state index >= 15 is 0 Å². The number of hydrogen-bond donors (Lipinski definition) is 0. The van der Waals surface area contributed by atoms with Gasteiger partial charge in [0.05, 0.1) is 19.4 Å². The standard InChI is InChI=1S/C23H31NO2/c1-22-9-8-20-17(4-7-21-23(20,2)10-11-26-21)19(22)6-5-18(22)15-12-16(25-3)14-24-13-15/h5,12-14,17,19-21H,4,6-11H2,1-3H3. The second-order valence-electron chi connectivity index (χ2n) is 9.49. The lowest BCUT2D eigenvalue weighted by molar-refractivity contribution is -0.0889. The highest BCUT2D eigenvalue weighted by atomic mass is 16.5. The lowest BCUT2D eigenvalue weighted by Gasteiger charge is -2.56. The monoisotopic (exact) mass is 353 g/mol. The van der Waals surface area contributed by atoms with Gasteiger partial charge in [-0.05, 0) is 84.3 Å². The van der Waals surface area contributed by atoms with Crippen LogP contribution in [0.15, 0.2) is 24.5 Å². The molecule has 6 unspecified atom stereocenters. The van der Waals surface area contributed by atoms with Crippen LogP contribution in [-0.4, -0.2) is 24.8 Å². The Balaban J connectivity index is 1.46. The first-order valence-electron chi connectivity index (χ1n) is 10.4. The normalized spacial score (nSPS) is 44.0. The summed E-state index contributed by atoms with van der Waals surface area (Å²) < 4.78 is 11.6. The Morgan fingerprint density at radius 2 is 2.00 bits per heavy atom. The van der Waals surface area contributed by atoms with Crippen LogP contribution in [-0.2, 0) is 4.74 Å². The number of fused-ring (bicyclic) bond motifs is 5. The Kier molecular flexibility index (Phi) is 3.76. The number of pyridine rings is 1. The highest BCUT2D eigenvalue weighted by Gasteiger charge is 2.59. The van der Waals surface area contributed by atoms with Crippen LogP contribution in [0.3, 0.4) is 0 Å². The molecule has 26 heavy (non-hydrogen) atoms. The van der Waals surface area contributed by atoms with Crippen molar-refractivity contribution in [3.05, 3.63) is 30.1 Å². The first-order valence-corrected chi connectivity index (χ1v) is 10.4. The fourth-order valence-electron chi connectivity index (χ4n) is 7.16. The van der Waals surface area contributed by atoms with Crippen LogP contribution in [0.4, 0.5) is 0 Å². The molecule has 0 radical (unpaired) electrons. The van der Waals surface area contributed by atoms with Crippen LogP contribution in [0.25, 0.3) is 5.57 Å². The maximum atomic E-state index is 6.13. The molecular formula is C23H31NO2.